The second-order valence-electron chi connectivity index (χ2n) is 6.63. The summed E-state index contributed by atoms with van der Waals surface area (Å²) in [5.41, 5.74) is 2.86. The largest absolute Gasteiger partial charge is 0.361 e. The van der Waals surface area contributed by atoms with Gasteiger partial charge in [0.15, 0.2) is 6.35 Å². The molecule has 8 nitrogen and oxygen atoms in total. The third kappa shape index (κ3) is 3.40. The first-order chi connectivity index (χ1) is 13.0. The Kier molecular flexibility index (Phi) is 4.35. The second kappa shape index (κ2) is 6.82. The normalized spacial score (nSPS) is 12.7. The van der Waals surface area contributed by atoms with E-state index in [-0.39, 0.29) is 11.6 Å². The van der Waals surface area contributed by atoms with Crippen molar-refractivity contribution < 1.29 is 5.11 Å². The average molecular weight is 364 g/mol. The molecule has 2 aromatic heterocycles. The van der Waals surface area contributed by atoms with Crippen LogP contribution in [0.4, 0.5) is 5.95 Å². The summed E-state index contributed by atoms with van der Waals surface area (Å²) in [6, 6.07) is 13.2. The van der Waals surface area contributed by atoms with E-state index < -0.39 is 6.35 Å². The number of rotatable bonds is 5. The molecule has 0 spiro atoms. The fourth-order valence-corrected chi connectivity index (χ4v) is 3.04. The summed E-state index contributed by atoms with van der Waals surface area (Å²) in [7, 11) is 0. The lowest BCUT2D eigenvalue weighted by Crippen LogP contribution is -2.40. The number of aliphatic hydroxyl groups is 1. The van der Waals surface area contributed by atoms with Crippen molar-refractivity contribution in [2.24, 2.45) is 0 Å². The third-order valence-electron chi connectivity index (χ3n) is 4.22. The highest BCUT2D eigenvalue weighted by atomic mass is 16.3. The van der Waals surface area contributed by atoms with Gasteiger partial charge in [-0.2, -0.15) is 5.10 Å². The maximum atomic E-state index is 12.0. The standard InChI is InChI=1S/C19H20N6O2/c1-10(2)20-19(27)23-18-21-14-8-7-11(9-15(14)22-18)16-12-5-3-4-6-13(12)17(26)25-24-16/h3-10,19-20,27H,1-2H3,(H,25,26)(H2,21,22,23). The van der Waals surface area contributed by atoms with Crippen molar-refractivity contribution in [3.63, 3.8) is 0 Å². The van der Waals surface area contributed by atoms with Gasteiger partial charge in [0, 0.05) is 17.0 Å². The minimum atomic E-state index is -0.908. The van der Waals surface area contributed by atoms with Gasteiger partial charge in [-0.15, -0.1) is 0 Å². The molecule has 8 heteroatoms. The Morgan fingerprint density at radius 2 is 1.89 bits per heavy atom. The first-order valence-corrected chi connectivity index (χ1v) is 8.69. The van der Waals surface area contributed by atoms with Crippen LogP contribution in [0.2, 0.25) is 0 Å². The van der Waals surface area contributed by atoms with E-state index in [2.05, 4.69) is 30.8 Å². The van der Waals surface area contributed by atoms with Gasteiger partial charge in [-0.3, -0.25) is 10.1 Å². The van der Waals surface area contributed by atoms with Crippen molar-refractivity contribution in [1.82, 2.24) is 25.5 Å². The minimum Gasteiger partial charge on any atom is -0.361 e. The van der Waals surface area contributed by atoms with Crippen LogP contribution in [0.1, 0.15) is 13.8 Å². The fourth-order valence-electron chi connectivity index (χ4n) is 3.04. The molecule has 2 heterocycles. The van der Waals surface area contributed by atoms with Gasteiger partial charge in [0.25, 0.3) is 5.56 Å². The van der Waals surface area contributed by atoms with Crippen LogP contribution in [0.15, 0.2) is 47.3 Å². The second-order valence-corrected chi connectivity index (χ2v) is 6.63. The van der Waals surface area contributed by atoms with Gasteiger partial charge in [-0.1, -0.05) is 24.3 Å². The zero-order chi connectivity index (χ0) is 19.0. The highest BCUT2D eigenvalue weighted by Gasteiger charge is 2.12. The van der Waals surface area contributed by atoms with E-state index in [1.807, 2.05) is 50.2 Å². The molecule has 0 amide bonds. The number of imidazole rings is 1. The number of aromatic nitrogens is 4. The van der Waals surface area contributed by atoms with Crippen molar-refractivity contribution in [2.75, 3.05) is 5.32 Å². The summed E-state index contributed by atoms with van der Waals surface area (Å²) in [4.78, 5) is 19.6. The van der Waals surface area contributed by atoms with Gasteiger partial charge in [-0.05, 0) is 32.0 Å². The Morgan fingerprint density at radius 3 is 2.67 bits per heavy atom. The molecule has 0 fully saturated rings. The van der Waals surface area contributed by atoms with Gasteiger partial charge in [-0.25, -0.2) is 10.1 Å². The topological polar surface area (TPSA) is 119 Å². The van der Waals surface area contributed by atoms with Gasteiger partial charge in [0.1, 0.15) is 0 Å². The maximum absolute atomic E-state index is 12.0. The number of aromatic amines is 2. The Labute approximate surface area is 154 Å². The molecule has 138 valence electrons. The van der Waals surface area contributed by atoms with E-state index in [1.165, 1.54) is 0 Å². The number of hydrogen-bond donors (Lipinski definition) is 5. The first-order valence-electron chi connectivity index (χ1n) is 8.69. The smallest absolute Gasteiger partial charge is 0.272 e. The summed E-state index contributed by atoms with van der Waals surface area (Å²) in [6.07, 6.45) is -0.908. The quantitative estimate of drug-likeness (QED) is 0.346. The number of nitrogens with one attached hydrogen (secondary N) is 4. The van der Waals surface area contributed by atoms with E-state index in [0.717, 1.165) is 22.0 Å². The van der Waals surface area contributed by atoms with Gasteiger partial charge in [0.05, 0.1) is 22.1 Å². The van der Waals surface area contributed by atoms with Crippen molar-refractivity contribution in [3.05, 3.63) is 52.8 Å². The first kappa shape index (κ1) is 17.2. The van der Waals surface area contributed by atoms with Crippen LogP contribution < -0.4 is 16.2 Å². The van der Waals surface area contributed by atoms with E-state index in [0.29, 0.717) is 17.0 Å². The molecule has 27 heavy (non-hydrogen) atoms. The highest BCUT2D eigenvalue weighted by molar-refractivity contribution is 5.95. The van der Waals surface area contributed by atoms with E-state index in [4.69, 9.17) is 0 Å². The minimum absolute atomic E-state index is 0.128. The van der Waals surface area contributed by atoms with Crippen LogP contribution in [-0.2, 0) is 0 Å². The van der Waals surface area contributed by atoms with Crippen LogP contribution in [-0.4, -0.2) is 37.7 Å². The Balaban J connectivity index is 1.72. The van der Waals surface area contributed by atoms with Gasteiger partial charge < -0.3 is 15.4 Å². The number of H-pyrrole nitrogens is 2. The lowest BCUT2D eigenvalue weighted by Gasteiger charge is -2.16. The molecule has 4 aromatic rings. The number of fused-ring (bicyclic) bond motifs is 2. The summed E-state index contributed by atoms with van der Waals surface area (Å²) in [5, 5.41) is 23.9. The molecule has 0 aliphatic heterocycles. The monoisotopic (exact) mass is 364 g/mol. The van der Waals surface area contributed by atoms with Crippen LogP contribution >= 0.6 is 0 Å². The molecule has 0 radical (unpaired) electrons. The Bertz CT molecular complexity index is 1160. The fraction of sp³-hybridized carbons (Fsp3) is 0.211. The molecular weight excluding hydrogens is 344 g/mol. The molecule has 4 rings (SSSR count). The van der Waals surface area contributed by atoms with E-state index in [9.17, 15) is 9.90 Å². The molecule has 0 aliphatic rings. The molecule has 5 N–H and O–H groups in total. The summed E-state index contributed by atoms with van der Waals surface area (Å²) in [5.74, 6) is 0.460. The molecule has 0 saturated heterocycles. The van der Waals surface area contributed by atoms with Crippen molar-refractivity contribution in [1.29, 1.82) is 0 Å². The summed E-state index contributed by atoms with van der Waals surface area (Å²) in [6.45, 7) is 3.88. The average Bonchev–Trinajstić information content (AvgIpc) is 3.02. The lowest BCUT2D eigenvalue weighted by atomic mass is 10.0. The number of nitrogens with zero attached hydrogens (tertiary/aromatic N) is 2. The SMILES string of the molecule is CC(C)NC(O)Nc1nc2cc(-c3n[nH]c(=O)c4ccccc34)ccc2[nH]1. The lowest BCUT2D eigenvalue weighted by molar-refractivity contribution is 0.154. The molecule has 1 atom stereocenters. The van der Waals surface area contributed by atoms with Crippen LogP contribution in [0, 0.1) is 0 Å². The van der Waals surface area contributed by atoms with Crippen LogP contribution in [0.25, 0.3) is 33.1 Å². The van der Waals surface area contributed by atoms with Crippen LogP contribution in [0.5, 0.6) is 0 Å². The van der Waals surface area contributed by atoms with Crippen molar-refractivity contribution >= 4 is 27.8 Å². The van der Waals surface area contributed by atoms with E-state index in [1.54, 1.807) is 6.07 Å². The molecule has 0 bridgehead atoms. The van der Waals surface area contributed by atoms with Gasteiger partial charge in [0.2, 0.25) is 5.95 Å². The highest BCUT2D eigenvalue weighted by Crippen LogP contribution is 2.27. The summed E-state index contributed by atoms with van der Waals surface area (Å²) < 4.78 is 0. The number of aliphatic hydroxyl groups excluding tert-OH is 1. The Hall–Kier alpha value is -3.23. The molecule has 1 unspecified atom stereocenters. The summed E-state index contributed by atoms with van der Waals surface area (Å²) >= 11 is 0. The van der Waals surface area contributed by atoms with E-state index >= 15 is 0 Å². The van der Waals surface area contributed by atoms with Crippen LogP contribution in [0.3, 0.4) is 0 Å². The predicted molar refractivity (Wildman–Crippen MR) is 105 cm³/mol. The number of benzene rings is 2. The zero-order valence-electron chi connectivity index (χ0n) is 14.9. The van der Waals surface area contributed by atoms with Crippen molar-refractivity contribution in [2.45, 2.75) is 26.2 Å². The third-order valence-corrected chi connectivity index (χ3v) is 4.22. The van der Waals surface area contributed by atoms with Gasteiger partial charge >= 0.3 is 0 Å². The molecular formula is C19H20N6O2. The molecule has 2 aromatic carbocycles. The maximum Gasteiger partial charge on any atom is 0.272 e. The zero-order valence-corrected chi connectivity index (χ0v) is 14.9. The molecule has 0 aliphatic carbocycles. The number of anilines is 1. The Morgan fingerprint density at radius 1 is 1.11 bits per heavy atom. The predicted octanol–water partition coefficient (Wildman–Crippen LogP) is 2.15. The number of hydrogen-bond acceptors (Lipinski definition) is 6. The molecule has 0 saturated carbocycles. The van der Waals surface area contributed by atoms with Crippen molar-refractivity contribution in [3.8, 4) is 11.3 Å².